The monoisotopic (exact) mass is 892 g/mol. The molecule has 4 fully saturated rings. The molecule has 0 N–H and O–H groups in total. The number of fused-ring (bicyclic) bond motifs is 7. The van der Waals surface area contributed by atoms with E-state index in [-0.39, 0.29) is 52.9 Å². The van der Waals surface area contributed by atoms with Crippen molar-refractivity contribution in [2.24, 2.45) is 0 Å². The summed E-state index contributed by atoms with van der Waals surface area (Å²) in [4.78, 5) is 35.5. The lowest BCUT2D eigenvalue weighted by Gasteiger charge is -2.48. The van der Waals surface area contributed by atoms with Crippen molar-refractivity contribution in [3.63, 3.8) is 0 Å². The molecule has 0 saturated carbocycles. The minimum absolute atomic E-state index is 0.0684. The van der Waals surface area contributed by atoms with Gasteiger partial charge in [0.15, 0.2) is 5.82 Å². The van der Waals surface area contributed by atoms with Gasteiger partial charge in [0.2, 0.25) is 5.88 Å². The van der Waals surface area contributed by atoms with Gasteiger partial charge >= 0.3 is 12.1 Å². The molecule has 13 heteroatoms. The minimum atomic E-state index is -2.18. The Hall–Kier alpha value is -4.44. The molecular weight excluding hydrogens is 831 g/mol. The molecule has 1 amide bonds. The average Bonchev–Trinajstić information content (AvgIpc) is 3.82. The van der Waals surface area contributed by atoms with Gasteiger partial charge in [0.25, 0.3) is 0 Å². The highest BCUT2D eigenvalue weighted by atomic mass is 35.5. The molecule has 4 aromatic rings. The number of anilines is 1. The molecule has 0 aliphatic carbocycles. The van der Waals surface area contributed by atoms with Gasteiger partial charge in [-0.1, -0.05) is 95.5 Å². The summed E-state index contributed by atoms with van der Waals surface area (Å²) >= 11 is 7.11. The van der Waals surface area contributed by atoms with E-state index in [2.05, 4.69) is 69.4 Å². The fraction of sp³-hybridized carbons (Fsp3) is 0.560. The van der Waals surface area contributed by atoms with Gasteiger partial charge in [-0.05, 0) is 94.4 Å². The van der Waals surface area contributed by atoms with Gasteiger partial charge < -0.3 is 19.1 Å². The summed E-state index contributed by atoms with van der Waals surface area (Å²) in [6.07, 6.45) is 3.63. The molecule has 0 spiro atoms. The smallest absolute Gasteiger partial charge is 0.410 e. The van der Waals surface area contributed by atoms with E-state index in [4.69, 9.17) is 40.8 Å². The van der Waals surface area contributed by atoms with E-state index in [1.54, 1.807) is 0 Å². The highest BCUT2D eigenvalue weighted by Gasteiger charge is 2.54. The molecule has 334 valence electrons. The number of hydrogen-bond acceptors (Lipinski definition) is 9. The summed E-state index contributed by atoms with van der Waals surface area (Å²) in [5.74, 6) is 3.74. The largest absolute Gasteiger partial charge is 0.472 e. The average molecular weight is 894 g/mol. The van der Waals surface area contributed by atoms with Crippen LogP contribution in [0.3, 0.4) is 0 Å². The molecule has 5 aliphatic heterocycles. The van der Waals surface area contributed by atoms with Crippen molar-refractivity contribution in [2.75, 3.05) is 31.1 Å². The van der Waals surface area contributed by atoms with Gasteiger partial charge in [0.05, 0.1) is 34.3 Å². The zero-order valence-corrected chi connectivity index (χ0v) is 40.3. The van der Waals surface area contributed by atoms with Crippen LogP contribution in [-0.4, -0.2) is 101 Å². The van der Waals surface area contributed by atoms with Crippen LogP contribution in [0.4, 0.5) is 15.0 Å². The van der Waals surface area contributed by atoms with Crippen molar-refractivity contribution < 1.29 is 23.4 Å². The van der Waals surface area contributed by atoms with Crippen molar-refractivity contribution in [1.82, 2.24) is 24.8 Å². The first-order valence-electron chi connectivity index (χ1n) is 23.0. The van der Waals surface area contributed by atoms with Crippen molar-refractivity contribution in [3.8, 4) is 34.6 Å². The Morgan fingerprint density at radius 2 is 1.81 bits per heavy atom. The summed E-state index contributed by atoms with van der Waals surface area (Å²) in [7, 11) is -2.18. The number of ether oxygens (including phenoxy) is 3. The van der Waals surface area contributed by atoms with Crippen LogP contribution in [0.5, 0.6) is 11.9 Å². The number of carbonyl (C=O) groups excluding carboxylic acids is 1. The molecule has 5 aliphatic rings. The third-order valence-corrected chi connectivity index (χ3v) is 21.4. The predicted molar refractivity (Wildman–Crippen MR) is 252 cm³/mol. The summed E-state index contributed by atoms with van der Waals surface area (Å²) in [6.45, 7) is 28.3. The summed E-state index contributed by atoms with van der Waals surface area (Å²) in [6, 6.07) is 9.01. The quantitative estimate of drug-likeness (QED) is 0.102. The molecule has 2 bridgehead atoms. The van der Waals surface area contributed by atoms with Crippen LogP contribution in [0.2, 0.25) is 21.6 Å². The predicted octanol–water partition coefficient (Wildman–Crippen LogP) is 11.1. The molecule has 0 radical (unpaired) electrons. The first kappa shape index (κ1) is 43.8. The Kier molecular flexibility index (Phi) is 11.1. The molecule has 2 aromatic carbocycles. The van der Waals surface area contributed by atoms with Crippen LogP contribution < -0.4 is 14.4 Å². The zero-order chi connectivity index (χ0) is 44.9. The third-order valence-electron chi connectivity index (χ3n) is 14.8. The Bertz CT molecular complexity index is 2560. The second-order valence-electron chi connectivity index (χ2n) is 20.7. The van der Waals surface area contributed by atoms with Gasteiger partial charge in [0.1, 0.15) is 48.8 Å². The Morgan fingerprint density at radius 3 is 2.52 bits per heavy atom. The van der Waals surface area contributed by atoms with Gasteiger partial charge in [-0.15, -0.1) is 5.54 Å². The van der Waals surface area contributed by atoms with E-state index >= 15 is 4.39 Å². The molecule has 4 saturated heterocycles. The van der Waals surface area contributed by atoms with Gasteiger partial charge in [-0.2, -0.15) is 9.97 Å². The van der Waals surface area contributed by atoms with Gasteiger partial charge in [-0.25, -0.2) is 14.2 Å². The first-order chi connectivity index (χ1) is 29.8. The SMILES string of the molecule is C=C1CN2CCCC2(COc2nc3c4c(nc(-c5cccc6ccc(Cl)c(C#C[Si](C(C)C)(C(C)C)C(C)C)c56)c(F)c4n2)O[C@@H](C)[C@@H]2[C@@H]4CC[C@H](CN32)N4C(=O)OC(C)(C)C)C1. The fourth-order valence-electron chi connectivity index (χ4n) is 12.2. The van der Waals surface area contributed by atoms with Gasteiger partial charge in [0, 0.05) is 24.0 Å². The standard InChI is InChI=1S/C50H62ClFN6O4Si/c1-28(2)63(29(3)4,30(5)6)23-20-35-37(51)18-16-33-14-12-15-36(39(33)35)42-41(52)43-40-45(55-47(54-43)60-27-50-21-13-22-56(50)25-31(7)24-50)57-26-34-17-19-38(44(57)32(8)61-46(40)53-42)58(34)48(59)62-49(9,10)11/h12,14-16,18,28-30,32,34,38,44H,7,13,17,19,21-22,24-27H2,1-6,8-11H3/t32-,34+,38-,44+,50?/m0/s1. The van der Waals surface area contributed by atoms with Crippen molar-refractivity contribution >= 4 is 53.3 Å². The Balaban J connectivity index is 1.23. The molecule has 63 heavy (non-hydrogen) atoms. The topological polar surface area (TPSA) is 93.2 Å². The third kappa shape index (κ3) is 7.25. The van der Waals surface area contributed by atoms with Gasteiger partial charge in [-0.3, -0.25) is 9.80 Å². The second kappa shape index (κ2) is 15.9. The van der Waals surface area contributed by atoms with E-state index in [1.807, 2.05) is 62.9 Å². The number of pyridine rings is 1. The lowest BCUT2D eigenvalue weighted by Crippen LogP contribution is -2.65. The first-order valence-corrected chi connectivity index (χ1v) is 25.6. The van der Waals surface area contributed by atoms with Crippen LogP contribution in [-0.2, 0) is 4.74 Å². The lowest BCUT2D eigenvalue weighted by molar-refractivity contribution is 0.000935. The van der Waals surface area contributed by atoms with Crippen LogP contribution in [0.25, 0.3) is 32.9 Å². The second-order valence-corrected chi connectivity index (χ2v) is 26.7. The summed E-state index contributed by atoms with van der Waals surface area (Å²) in [5.41, 5.74) is 6.78. The minimum Gasteiger partial charge on any atom is -0.472 e. The van der Waals surface area contributed by atoms with Crippen molar-refractivity contribution in [1.29, 1.82) is 0 Å². The van der Waals surface area contributed by atoms with Crippen LogP contribution in [0.1, 0.15) is 107 Å². The maximum atomic E-state index is 18.0. The van der Waals surface area contributed by atoms with Crippen LogP contribution in [0.15, 0.2) is 42.5 Å². The number of benzene rings is 2. The number of aromatic nitrogens is 3. The fourth-order valence-corrected chi connectivity index (χ4v) is 17.6. The number of halogens is 2. The summed E-state index contributed by atoms with van der Waals surface area (Å²) < 4.78 is 37.5. The van der Waals surface area contributed by atoms with Crippen molar-refractivity contribution in [2.45, 2.75) is 153 Å². The molecule has 10 nitrogen and oxygen atoms in total. The normalized spacial score (nSPS) is 24.5. The number of hydrogen-bond donors (Lipinski definition) is 0. The maximum Gasteiger partial charge on any atom is 0.410 e. The lowest BCUT2D eigenvalue weighted by atomic mass is 9.94. The number of carbonyl (C=O) groups is 1. The molecule has 1 unspecified atom stereocenters. The van der Waals surface area contributed by atoms with E-state index in [0.29, 0.717) is 57.1 Å². The Morgan fingerprint density at radius 1 is 1.06 bits per heavy atom. The summed E-state index contributed by atoms with van der Waals surface area (Å²) in [5, 5.41) is 2.49. The molecule has 9 rings (SSSR count). The maximum absolute atomic E-state index is 18.0. The molecule has 2 aromatic heterocycles. The highest BCUT2D eigenvalue weighted by Crippen LogP contribution is 2.49. The highest BCUT2D eigenvalue weighted by molar-refractivity contribution is 6.90. The molecule has 7 heterocycles. The molecular formula is C50H62ClFN6O4Si. The number of rotatable bonds is 7. The Labute approximate surface area is 377 Å². The van der Waals surface area contributed by atoms with Crippen molar-refractivity contribution in [3.05, 3.63) is 58.9 Å². The zero-order valence-electron chi connectivity index (χ0n) is 38.6. The number of amides is 1. The number of piperazine rings is 1. The van der Waals surface area contributed by atoms with E-state index < -0.39 is 25.6 Å². The van der Waals surface area contributed by atoms with Crippen LogP contribution >= 0.6 is 11.6 Å². The van der Waals surface area contributed by atoms with E-state index in [0.717, 1.165) is 56.0 Å². The number of nitrogens with zero attached hydrogens (tertiary/aromatic N) is 6. The van der Waals surface area contributed by atoms with E-state index in [9.17, 15) is 4.79 Å². The van der Waals surface area contributed by atoms with Crippen LogP contribution in [0, 0.1) is 17.3 Å². The molecule has 5 atom stereocenters. The van der Waals surface area contributed by atoms with E-state index in [1.165, 1.54) is 5.57 Å².